The number of nitrogens with zero attached hydrogens (tertiary/aromatic N) is 3. The second-order valence-electron chi connectivity index (χ2n) is 5.15. The van der Waals surface area contributed by atoms with Crippen LogP contribution >= 0.6 is 11.8 Å². The zero-order valence-electron chi connectivity index (χ0n) is 12.6. The van der Waals surface area contributed by atoms with Crippen LogP contribution in [0.4, 0.5) is 11.6 Å². The Balaban J connectivity index is 2.04. The average Bonchev–Trinajstić information content (AvgIpc) is 2.48. The lowest BCUT2D eigenvalue weighted by atomic mass is 10.2. The first-order valence-electron chi connectivity index (χ1n) is 7.57. The number of hydrogen-bond donors (Lipinski definition) is 2. The molecule has 1 aliphatic heterocycles. The number of morpholine rings is 1. The summed E-state index contributed by atoms with van der Waals surface area (Å²) < 4.78 is 5.71. The number of anilines is 2. The molecule has 1 aliphatic rings. The number of aromatic nitrogens is 2. The summed E-state index contributed by atoms with van der Waals surface area (Å²) in [5.74, 6) is 2.45. The van der Waals surface area contributed by atoms with Gasteiger partial charge < -0.3 is 21.1 Å². The molecule has 1 fully saturated rings. The molecule has 0 aliphatic carbocycles. The molecule has 0 saturated carbocycles. The lowest BCUT2D eigenvalue weighted by molar-refractivity contribution is 0.0366. The van der Waals surface area contributed by atoms with Gasteiger partial charge in [-0.3, -0.25) is 0 Å². The Morgan fingerprint density at radius 2 is 2.33 bits per heavy atom. The van der Waals surface area contributed by atoms with Gasteiger partial charge in [0.05, 0.1) is 12.7 Å². The summed E-state index contributed by atoms with van der Waals surface area (Å²) in [7, 11) is 0. The first kappa shape index (κ1) is 16.3. The highest BCUT2D eigenvalue weighted by atomic mass is 32.2. The number of thioether (sulfide) groups is 1. The standard InChI is InChI=1S/C14H25N5OS/c1-2-3-8-21-14-17-12(16)9-13(18-14)19-6-7-20-11(10-19)4-5-15/h9,11H,2-8,10,15H2,1H3,(H2,16,17,18)/t11-/m1/s1. The van der Waals surface area contributed by atoms with E-state index < -0.39 is 0 Å². The van der Waals surface area contributed by atoms with Crippen molar-refractivity contribution in [3.8, 4) is 0 Å². The summed E-state index contributed by atoms with van der Waals surface area (Å²) in [6, 6.07) is 1.84. The molecule has 0 bridgehead atoms. The van der Waals surface area contributed by atoms with Gasteiger partial charge in [-0.25, -0.2) is 9.97 Å². The molecule has 4 N–H and O–H groups in total. The number of unbranched alkanes of at least 4 members (excludes halogenated alkanes) is 1. The molecule has 2 heterocycles. The molecular weight excluding hydrogens is 286 g/mol. The van der Waals surface area contributed by atoms with E-state index >= 15 is 0 Å². The highest BCUT2D eigenvalue weighted by Gasteiger charge is 2.21. The van der Waals surface area contributed by atoms with Gasteiger partial charge >= 0.3 is 0 Å². The third-order valence-corrected chi connectivity index (χ3v) is 4.33. The van der Waals surface area contributed by atoms with E-state index in [0.29, 0.717) is 19.0 Å². The fraction of sp³-hybridized carbons (Fsp3) is 0.714. The van der Waals surface area contributed by atoms with E-state index in [1.165, 1.54) is 6.42 Å². The van der Waals surface area contributed by atoms with E-state index in [1.807, 2.05) is 6.07 Å². The fourth-order valence-corrected chi connectivity index (χ4v) is 3.20. The van der Waals surface area contributed by atoms with Crippen molar-refractivity contribution in [2.45, 2.75) is 37.4 Å². The number of rotatable bonds is 7. The molecule has 118 valence electrons. The number of hydrogen-bond acceptors (Lipinski definition) is 7. The maximum absolute atomic E-state index is 5.92. The van der Waals surface area contributed by atoms with Crippen molar-refractivity contribution in [2.75, 3.05) is 42.6 Å². The van der Waals surface area contributed by atoms with Gasteiger partial charge in [-0.05, 0) is 19.4 Å². The number of nitrogens with two attached hydrogens (primary N) is 2. The predicted molar refractivity (Wildman–Crippen MR) is 87.7 cm³/mol. The lowest BCUT2D eigenvalue weighted by Crippen LogP contribution is -2.43. The van der Waals surface area contributed by atoms with E-state index in [0.717, 1.165) is 42.7 Å². The van der Waals surface area contributed by atoms with Gasteiger partial charge in [0, 0.05) is 24.9 Å². The Morgan fingerprint density at radius 3 is 3.10 bits per heavy atom. The van der Waals surface area contributed by atoms with E-state index in [1.54, 1.807) is 11.8 Å². The molecule has 1 saturated heterocycles. The van der Waals surface area contributed by atoms with Crippen molar-refractivity contribution >= 4 is 23.4 Å². The first-order chi connectivity index (χ1) is 10.2. The molecule has 0 aromatic carbocycles. The minimum Gasteiger partial charge on any atom is -0.383 e. The molecule has 0 amide bonds. The quantitative estimate of drug-likeness (QED) is 0.448. The summed E-state index contributed by atoms with van der Waals surface area (Å²) >= 11 is 1.67. The third-order valence-electron chi connectivity index (χ3n) is 3.39. The Bertz CT molecular complexity index is 443. The summed E-state index contributed by atoms with van der Waals surface area (Å²) in [5, 5.41) is 0.764. The smallest absolute Gasteiger partial charge is 0.191 e. The van der Waals surface area contributed by atoms with Crippen LogP contribution in [0.2, 0.25) is 0 Å². The minimum atomic E-state index is 0.177. The number of nitrogen functional groups attached to an aromatic ring is 1. The molecule has 6 nitrogen and oxygen atoms in total. The van der Waals surface area contributed by atoms with Gasteiger partial charge in [-0.1, -0.05) is 25.1 Å². The Morgan fingerprint density at radius 1 is 1.48 bits per heavy atom. The molecule has 0 spiro atoms. The molecule has 1 aromatic rings. The second kappa shape index (κ2) is 8.41. The summed E-state index contributed by atoms with van der Waals surface area (Å²) in [5.41, 5.74) is 11.5. The van der Waals surface area contributed by atoms with Crippen molar-refractivity contribution in [1.29, 1.82) is 0 Å². The molecule has 7 heteroatoms. The molecular formula is C14H25N5OS. The van der Waals surface area contributed by atoms with Gasteiger partial charge in [0.1, 0.15) is 11.6 Å². The Kier molecular flexibility index (Phi) is 6.53. The summed E-state index contributed by atoms with van der Waals surface area (Å²) in [6.45, 7) is 5.16. The largest absolute Gasteiger partial charge is 0.383 e. The van der Waals surface area contributed by atoms with Crippen LogP contribution in [0.3, 0.4) is 0 Å². The maximum atomic E-state index is 5.92. The van der Waals surface area contributed by atoms with Gasteiger partial charge in [-0.2, -0.15) is 0 Å². The van der Waals surface area contributed by atoms with Crippen LogP contribution in [-0.2, 0) is 4.74 Å². The predicted octanol–water partition coefficient (Wildman–Crippen LogP) is 1.50. The minimum absolute atomic E-state index is 0.177. The zero-order valence-corrected chi connectivity index (χ0v) is 13.4. The van der Waals surface area contributed by atoms with E-state index in [2.05, 4.69) is 21.8 Å². The van der Waals surface area contributed by atoms with Crippen molar-refractivity contribution in [1.82, 2.24) is 9.97 Å². The molecule has 2 rings (SSSR count). The number of ether oxygens (including phenoxy) is 1. The van der Waals surface area contributed by atoms with Crippen LogP contribution in [0, 0.1) is 0 Å². The van der Waals surface area contributed by atoms with Gasteiger partial charge in [0.2, 0.25) is 0 Å². The maximum Gasteiger partial charge on any atom is 0.191 e. The Labute approximate surface area is 130 Å². The monoisotopic (exact) mass is 311 g/mol. The highest BCUT2D eigenvalue weighted by molar-refractivity contribution is 7.99. The first-order valence-corrected chi connectivity index (χ1v) is 8.55. The van der Waals surface area contributed by atoms with Gasteiger partial charge in [0.25, 0.3) is 0 Å². The topological polar surface area (TPSA) is 90.3 Å². The van der Waals surface area contributed by atoms with Crippen LogP contribution in [-0.4, -0.2) is 48.1 Å². The van der Waals surface area contributed by atoms with Crippen LogP contribution in [0.1, 0.15) is 26.2 Å². The summed E-state index contributed by atoms with van der Waals surface area (Å²) in [4.78, 5) is 11.2. The van der Waals surface area contributed by atoms with Crippen LogP contribution < -0.4 is 16.4 Å². The van der Waals surface area contributed by atoms with Crippen molar-refractivity contribution in [2.24, 2.45) is 5.73 Å². The van der Waals surface area contributed by atoms with Crippen LogP contribution in [0.15, 0.2) is 11.2 Å². The highest BCUT2D eigenvalue weighted by Crippen LogP contribution is 2.23. The third kappa shape index (κ3) is 5.01. The lowest BCUT2D eigenvalue weighted by Gasteiger charge is -2.33. The normalized spacial score (nSPS) is 19.0. The van der Waals surface area contributed by atoms with Crippen molar-refractivity contribution < 1.29 is 4.74 Å². The molecule has 1 aromatic heterocycles. The van der Waals surface area contributed by atoms with Gasteiger partial charge in [0.15, 0.2) is 5.16 Å². The average molecular weight is 311 g/mol. The molecule has 0 unspecified atom stereocenters. The zero-order chi connectivity index (χ0) is 15.1. The van der Waals surface area contributed by atoms with E-state index in [9.17, 15) is 0 Å². The van der Waals surface area contributed by atoms with Crippen molar-refractivity contribution in [3.05, 3.63) is 6.07 Å². The van der Waals surface area contributed by atoms with Gasteiger partial charge in [-0.15, -0.1) is 0 Å². The Hall–Kier alpha value is -1.05. The molecule has 0 radical (unpaired) electrons. The van der Waals surface area contributed by atoms with E-state index in [-0.39, 0.29) is 6.10 Å². The fourth-order valence-electron chi connectivity index (χ4n) is 2.25. The van der Waals surface area contributed by atoms with Crippen LogP contribution in [0.25, 0.3) is 0 Å². The summed E-state index contributed by atoms with van der Waals surface area (Å²) in [6.07, 6.45) is 3.38. The van der Waals surface area contributed by atoms with E-state index in [4.69, 9.17) is 16.2 Å². The SMILES string of the molecule is CCCCSc1nc(N)cc(N2CCO[C@H](CCN)C2)n1. The molecule has 21 heavy (non-hydrogen) atoms. The second-order valence-corrected chi connectivity index (χ2v) is 6.21. The molecule has 1 atom stereocenters. The van der Waals surface area contributed by atoms with Crippen molar-refractivity contribution in [3.63, 3.8) is 0 Å². The van der Waals surface area contributed by atoms with Crippen LogP contribution in [0.5, 0.6) is 0 Å².